The molecule has 0 saturated carbocycles. The summed E-state index contributed by atoms with van der Waals surface area (Å²) in [7, 11) is 0. The highest BCUT2D eigenvalue weighted by Gasteiger charge is 2.39. The van der Waals surface area contributed by atoms with E-state index in [1.807, 2.05) is 37.1 Å². The fourth-order valence-corrected chi connectivity index (χ4v) is 8.53. The minimum Gasteiger partial charge on any atom is -0.396 e. The van der Waals surface area contributed by atoms with Gasteiger partial charge < -0.3 is 19.2 Å². The van der Waals surface area contributed by atoms with Crippen LogP contribution in [-0.4, -0.2) is 40.8 Å². The van der Waals surface area contributed by atoms with Gasteiger partial charge in [-0.1, -0.05) is 209 Å². The van der Waals surface area contributed by atoms with Crippen molar-refractivity contribution in [1.82, 2.24) is 29.1 Å². The molecule has 3 aromatic heterocycles. The van der Waals surface area contributed by atoms with Crippen LogP contribution in [0.4, 0.5) is 0 Å². The quantitative estimate of drug-likeness (QED) is 0.101. The van der Waals surface area contributed by atoms with Gasteiger partial charge in [0.1, 0.15) is 11.1 Å². The van der Waals surface area contributed by atoms with Crippen LogP contribution in [-0.2, 0) is 30.3 Å². The van der Waals surface area contributed by atoms with Crippen LogP contribution < -0.4 is 0 Å². The first kappa shape index (κ1) is 44.0. The van der Waals surface area contributed by atoms with Crippen LogP contribution in [0.5, 0.6) is 0 Å². The average molecular weight is 831 g/mol. The lowest BCUT2D eigenvalue weighted by molar-refractivity contribution is 0.288. The Morgan fingerprint density at radius 3 is 1.08 bits per heavy atom. The van der Waals surface area contributed by atoms with Gasteiger partial charge in [0.2, 0.25) is 0 Å². The van der Waals surface area contributed by atoms with Crippen molar-refractivity contribution in [2.75, 3.05) is 6.61 Å². The molecule has 0 bridgehead atoms. The topological polar surface area (TPSA) is 84.5 Å². The smallest absolute Gasteiger partial charge is 0.121 e. The van der Waals surface area contributed by atoms with Crippen LogP contribution in [0.15, 0.2) is 220 Å². The number of H-pyrrole nitrogens is 1. The molecule has 0 aliphatic rings. The number of hydrogen-bond acceptors (Lipinski definition) is 4. The zero-order chi connectivity index (χ0) is 43.6. The summed E-state index contributed by atoms with van der Waals surface area (Å²) in [5.41, 5.74) is 9.58. The van der Waals surface area contributed by atoms with E-state index in [0.29, 0.717) is 6.42 Å². The number of benzene rings is 6. The third kappa shape index (κ3) is 10.0. The molecule has 0 amide bonds. The fourth-order valence-electron chi connectivity index (χ4n) is 8.53. The molecule has 0 aliphatic heterocycles. The number of hydrogen-bond donors (Lipinski definition) is 2. The molecule has 7 nitrogen and oxygen atoms in total. The first-order valence-electron chi connectivity index (χ1n) is 22.1. The van der Waals surface area contributed by atoms with Crippen LogP contribution in [0.3, 0.4) is 0 Å². The lowest BCUT2D eigenvalue weighted by Gasteiger charge is -2.37. The highest BCUT2D eigenvalue weighted by Crippen LogP contribution is 2.42. The number of nitrogens with zero attached hydrogens (tertiary/aromatic N) is 5. The van der Waals surface area contributed by atoms with Crippen molar-refractivity contribution in [2.45, 2.75) is 63.5 Å². The van der Waals surface area contributed by atoms with Crippen LogP contribution >= 0.6 is 0 Å². The molecular formula is C56H58N6O. The maximum atomic E-state index is 9.19. The number of aromatic nitrogens is 6. The lowest BCUT2D eigenvalue weighted by atomic mass is 9.77. The molecule has 3 heterocycles. The zero-order valence-corrected chi connectivity index (χ0v) is 36.4. The average Bonchev–Trinajstić information content (AvgIpc) is 4.17. The first-order chi connectivity index (χ1) is 31.1. The molecule has 6 aromatic carbocycles. The number of nitrogens with one attached hydrogen (secondary N) is 1. The van der Waals surface area contributed by atoms with Gasteiger partial charge >= 0.3 is 0 Å². The summed E-state index contributed by atoms with van der Waals surface area (Å²) in [5, 5.41) is 9.19. The second kappa shape index (κ2) is 22.1. The molecule has 0 saturated heterocycles. The van der Waals surface area contributed by atoms with E-state index in [-0.39, 0.29) is 6.61 Å². The zero-order valence-electron chi connectivity index (χ0n) is 36.4. The van der Waals surface area contributed by atoms with E-state index in [4.69, 9.17) is 4.98 Å². The standard InChI is InChI=1S/C25H24N2O.C25H24N2.C6H10N2/c28-18-10-17-24-19-27(20-26-24)25(21-11-4-1-5-12-21,22-13-6-2-7-14-22)23-15-8-3-9-16-23;1-2-12-24-19-27(20-26-24)25(21-13-6-3-7-14-21,22-15-8-4-9-16-22)23-17-10-5-11-18-23;1-2-3-6-4-7-5-8-6/h1-9,11-16,19-20,28H,10,17-18H2;3-11,13-20H,2,12H2,1H3;4-5H,2-3H2,1H3,(H,7,8). The highest BCUT2D eigenvalue weighted by atomic mass is 16.2. The minimum absolute atomic E-state index is 0.175. The predicted octanol–water partition coefficient (Wildman–Crippen LogP) is 11.7. The summed E-state index contributed by atoms with van der Waals surface area (Å²) in [6.45, 7) is 4.52. The van der Waals surface area contributed by atoms with Crippen molar-refractivity contribution in [3.8, 4) is 0 Å². The van der Waals surface area contributed by atoms with Crippen LogP contribution in [0, 0.1) is 0 Å². The summed E-state index contributed by atoms with van der Waals surface area (Å²) in [6, 6.07) is 63.8. The van der Waals surface area contributed by atoms with Crippen LogP contribution in [0.25, 0.3) is 0 Å². The molecule has 0 aliphatic carbocycles. The molecule has 0 fully saturated rings. The number of imidazole rings is 3. The number of aromatic amines is 1. The van der Waals surface area contributed by atoms with E-state index in [9.17, 15) is 5.11 Å². The van der Waals surface area contributed by atoms with Gasteiger partial charge in [0, 0.05) is 30.9 Å². The Morgan fingerprint density at radius 2 is 0.794 bits per heavy atom. The van der Waals surface area contributed by atoms with Crippen molar-refractivity contribution in [2.24, 2.45) is 0 Å². The van der Waals surface area contributed by atoms with E-state index in [0.717, 1.165) is 37.1 Å². The maximum absolute atomic E-state index is 9.19. The Kier molecular flexibility index (Phi) is 15.5. The third-order valence-corrected chi connectivity index (χ3v) is 11.4. The molecule has 0 spiro atoms. The van der Waals surface area contributed by atoms with E-state index >= 15 is 0 Å². The molecule has 318 valence electrons. The van der Waals surface area contributed by atoms with E-state index in [1.165, 1.54) is 45.5 Å². The number of aryl methyl sites for hydroxylation is 3. The molecule has 9 rings (SSSR count). The third-order valence-electron chi connectivity index (χ3n) is 11.4. The normalized spacial score (nSPS) is 11.2. The van der Waals surface area contributed by atoms with E-state index in [2.05, 4.69) is 214 Å². The largest absolute Gasteiger partial charge is 0.396 e. The van der Waals surface area contributed by atoms with Gasteiger partial charge in [-0.3, -0.25) is 0 Å². The van der Waals surface area contributed by atoms with Crippen molar-refractivity contribution in [1.29, 1.82) is 0 Å². The maximum Gasteiger partial charge on any atom is 0.121 e. The van der Waals surface area contributed by atoms with E-state index in [1.54, 1.807) is 6.33 Å². The van der Waals surface area contributed by atoms with E-state index < -0.39 is 11.1 Å². The molecule has 63 heavy (non-hydrogen) atoms. The lowest BCUT2D eigenvalue weighted by Crippen LogP contribution is -2.36. The molecule has 2 N–H and O–H groups in total. The Hall–Kier alpha value is -7.09. The van der Waals surface area contributed by atoms with Gasteiger partial charge in [-0.25, -0.2) is 15.0 Å². The van der Waals surface area contributed by atoms with Crippen molar-refractivity contribution < 1.29 is 5.11 Å². The Labute approximate surface area is 372 Å². The molecule has 0 unspecified atom stereocenters. The van der Waals surface area contributed by atoms with Gasteiger partial charge in [-0.2, -0.15) is 0 Å². The monoisotopic (exact) mass is 830 g/mol. The van der Waals surface area contributed by atoms with Crippen LogP contribution in [0.1, 0.15) is 83.6 Å². The molecule has 7 heteroatoms. The second-order valence-corrected chi connectivity index (χ2v) is 15.6. The molecule has 9 aromatic rings. The van der Waals surface area contributed by atoms with Gasteiger partial charge in [0.25, 0.3) is 0 Å². The van der Waals surface area contributed by atoms with Gasteiger partial charge in [0.05, 0.1) is 30.4 Å². The molecule has 0 atom stereocenters. The summed E-state index contributed by atoms with van der Waals surface area (Å²) in [4.78, 5) is 16.3. The van der Waals surface area contributed by atoms with Gasteiger partial charge in [-0.05, 0) is 59.1 Å². The highest BCUT2D eigenvalue weighted by molar-refractivity contribution is 5.52. The first-order valence-corrected chi connectivity index (χ1v) is 22.1. The Balaban J connectivity index is 0.000000161. The fraction of sp³-hybridized carbons (Fsp3) is 0.196. The van der Waals surface area contributed by atoms with Gasteiger partial charge in [0.15, 0.2) is 0 Å². The number of rotatable bonds is 15. The second-order valence-electron chi connectivity index (χ2n) is 15.6. The minimum atomic E-state index is -0.520. The van der Waals surface area contributed by atoms with Gasteiger partial charge in [-0.15, -0.1) is 0 Å². The summed E-state index contributed by atoms with van der Waals surface area (Å²) in [5.74, 6) is 0. The van der Waals surface area contributed by atoms with Crippen LogP contribution in [0.2, 0.25) is 0 Å². The Morgan fingerprint density at radius 1 is 0.460 bits per heavy atom. The number of aliphatic hydroxyl groups is 1. The number of aliphatic hydroxyl groups excluding tert-OH is 1. The Bertz CT molecular complexity index is 2420. The van der Waals surface area contributed by atoms with Crippen molar-refractivity contribution in [3.63, 3.8) is 0 Å². The summed E-state index contributed by atoms with van der Waals surface area (Å²) < 4.78 is 4.48. The molecular weight excluding hydrogens is 773 g/mol. The summed E-state index contributed by atoms with van der Waals surface area (Å²) >= 11 is 0. The van der Waals surface area contributed by atoms with Crippen molar-refractivity contribution >= 4 is 0 Å². The van der Waals surface area contributed by atoms with Crippen molar-refractivity contribution in [3.05, 3.63) is 270 Å². The summed E-state index contributed by atoms with van der Waals surface area (Å²) in [6.07, 6.45) is 17.6. The SMILES string of the molecule is CCCc1cn(C(c2ccccc2)(c2ccccc2)c2ccccc2)cn1.CCCc1cnc[nH]1.OCCCc1cn(C(c2ccccc2)(c2ccccc2)c2ccccc2)cn1. The molecule has 0 radical (unpaired) electrons. The predicted molar refractivity (Wildman–Crippen MR) is 256 cm³/mol.